The Morgan fingerprint density at radius 3 is 2.53 bits per heavy atom. The Kier molecular flexibility index (Phi) is 5.53. The molecule has 0 aromatic heterocycles. The minimum Gasteiger partial charge on any atom is -0.492 e. The van der Waals surface area contributed by atoms with Crippen LogP contribution >= 0.6 is 15.9 Å². The van der Waals surface area contributed by atoms with Gasteiger partial charge in [0.25, 0.3) is 0 Å². The predicted octanol–water partition coefficient (Wildman–Crippen LogP) is 4.46. The summed E-state index contributed by atoms with van der Waals surface area (Å²) in [5, 5.41) is 0.813. The number of rotatable bonds is 5. The lowest BCUT2D eigenvalue weighted by atomic mass is 9.83. The van der Waals surface area contributed by atoms with Crippen LogP contribution in [0.1, 0.15) is 38.1 Å². The van der Waals surface area contributed by atoms with Crippen molar-refractivity contribution in [3.8, 4) is 5.75 Å². The molecule has 0 radical (unpaired) electrons. The minimum absolute atomic E-state index is 0.0971. The predicted molar refractivity (Wildman–Crippen MR) is 78.6 cm³/mol. The van der Waals surface area contributed by atoms with E-state index in [0.717, 1.165) is 5.33 Å². The zero-order valence-electron chi connectivity index (χ0n) is 11.8. The van der Waals surface area contributed by atoms with E-state index in [2.05, 4.69) is 36.7 Å². The van der Waals surface area contributed by atoms with E-state index in [9.17, 15) is 9.18 Å². The average molecular weight is 331 g/mol. The Morgan fingerprint density at radius 2 is 2.05 bits per heavy atom. The summed E-state index contributed by atoms with van der Waals surface area (Å²) in [6.07, 6.45) is 0. The highest BCUT2D eigenvalue weighted by Gasteiger charge is 2.24. The number of hydrogen-bond acceptors (Lipinski definition) is 2. The summed E-state index contributed by atoms with van der Waals surface area (Å²) in [4.78, 5) is 11.5. The molecule has 0 heterocycles. The Hall–Kier alpha value is -0.900. The summed E-state index contributed by atoms with van der Waals surface area (Å²) in [6.45, 7) is 8.31. The largest absolute Gasteiger partial charge is 0.492 e. The average Bonchev–Trinajstić information content (AvgIpc) is 2.29. The van der Waals surface area contributed by atoms with Gasteiger partial charge in [0, 0.05) is 11.2 Å². The maximum absolute atomic E-state index is 13.1. The topological polar surface area (TPSA) is 26.3 Å². The molecule has 0 bridgehead atoms. The Bertz CT molecular complexity index is 452. The molecule has 0 aliphatic carbocycles. The molecule has 1 unspecified atom stereocenters. The third-order valence-electron chi connectivity index (χ3n) is 3.17. The van der Waals surface area contributed by atoms with Crippen LogP contribution in [-0.2, 0) is 0 Å². The summed E-state index contributed by atoms with van der Waals surface area (Å²) in [5.74, 6) is 0.132. The third kappa shape index (κ3) is 4.60. The molecule has 0 aliphatic heterocycles. The summed E-state index contributed by atoms with van der Waals surface area (Å²) in [5.41, 5.74) is 0.391. The van der Waals surface area contributed by atoms with Crippen LogP contribution in [0.3, 0.4) is 0 Å². The van der Waals surface area contributed by atoms with Gasteiger partial charge in [-0.15, -0.1) is 0 Å². The van der Waals surface area contributed by atoms with Gasteiger partial charge >= 0.3 is 0 Å². The SMILES string of the molecule is CC(=O)c1cc(F)ccc1OCC(CBr)C(C)(C)C. The van der Waals surface area contributed by atoms with Gasteiger partial charge in [-0.25, -0.2) is 4.39 Å². The molecule has 1 atom stereocenters. The van der Waals surface area contributed by atoms with Gasteiger partial charge in [-0.1, -0.05) is 36.7 Å². The minimum atomic E-state index is -0.426. The number of ketones is 1. The van der Waals surface area contributed by atoms with E-state index in [0.29, 0.717) is 23.8 Å². The van der Waals surface area contributed by atoms with Crippen molar-refractivity contribution in [3.63, 3.8) is 0 Å². The second kappa shape index (κ2) is 6.51. The quantitative estimate of drug-likeness (QED) is 0.588. The van der Waals surface area contributed by atoms with Crippen LogP contribution in [0.4, 0.5) is 4.39 Å². The summed E-state index contributed by atoms with van der Waals surface area (Å²) in [7, 11) is 0. The molecule has 0 saturated heterocycles. The van der Waals surface area contributed by atoms with Crippen LogP contribution in [0, 0.1) is 17.2 Å². The molecule has 1 rings (SSSR count). The lowest BCUT2D eigenvalue weighted by molar-refractivity contribution is 0.101. The van der Waals surface area contributed by atoms with Gasteiger partial charge in [0.05, 0.1) is 12.2 Å². The summed E-state index contributed by atoms with van der Waals surface area (Å²) in [6, 6.07) is 4.04. The van der Waals surface area contributed by atoms with Crippen molar-refractivity contribution in [1.82, 2.24) is 0 Å². The Labute approximate surface area is 122 Å². The van der Waals surface area contributed by atoms with Gasteiger partial charge in [0.2, 0.25) is 0 Å². The lowest BCUT2D eigenvalue weighted by Gasteiger charge is -2.29. The van der Waals surface area contributed by atoms with Crippen molar-refractivity contribution >= 4 is 21.7 Å². The molecular formula is C15H20BrFO2. The number of carbonyl (C=O) groups is 1. The first kappa shape index (κ1) is 16.2. The first-order valence-electron chi connectivity index (χ1n) is 6.25. The molecule has 0 amide bonds. The first-order valence-corrected chi connectivity index (χ1v) is 7.37. The number of halogens is 2. The van der Waals surface area contributed by atoms with Crippen LogP contribution in [0.5, 0.6) is 5.75 Å². The van der Waals surface area contributed by atoms with E-state index in [-0.39, 0.29) is 11.2 Å². The van der Waals surface area contributed by atoms with Gasteiger partial charge in [-0.3, -0.25) is 4.79 Å². The molecule has 4 heteroatoms. The molecule has 2 nitrogen and oxygen atoms in total. The Morgan fingerprint density at radius 1 is 1.42 bits per heavy atom. The zero-order valence-corrected chi connectivity index (χ0v) is 13.4. The maximum Gasteiger partial charge on any atom is 0.163 e. The monoisotopic (exact) mass is 330 g/mol. The number of Topliss-reactive ketones (excluding diaryl/α,β-unsaturated/α-hetero) is 1. The van der Waals surface area contributed by atoms with Crippen LogP contribution in [0.25, 0.3) is 0 Å². The van der Waals surface area contributed by atoms with Gasteiger partial charge in [-0.2, -0.15) is 0 Å². The standard InChI is InChI=1S/C15H20BrFO2/c1-10(18)13-7-12(17)5-6-14(13)19-9-11(8-16)15(2,3)4/h5-7,11H,8-9H2,1-4H3. The van der Waals surface area contributed by atoms with E-state index < -0.39 is 5.82 Å². The van der Waals surface area contributed by atoms with E-state index in [1.165, 1.54) is 25.1 Å². The normalized spacial score (nSPS) is 13.2. The highest BCUT2D eigenvalue weighted by molar-refractivity contribution is 9.09. The maximum atomic E-state index is 13.1. The highest BCUT2D eigenvalue weighted by Crippen LogP contribution is 2.29. The molecule has 0 N–H and O–H groups in total. The molecule has 0 saturated carbocycles. The van der Waals surface area contributed by atoms with Crippen molar-refractivity contribution in [3.05, 3.63) is 29.6 Å². The van der Waals surface area contributed by atoms with Crippen molar-refractivity contribution in [2.75, 3.05) is 11.9 Å². The third-order valence-corrected chi connectivity index (χ3v) is 3.95. The fraction of sp³-hybridized carbons (Fsp3) is 0.533. The number of ether oxygens (including phenoxy) is 1. The van der Waals surface area contributed by atoms with Gasteiger partial charge in [0.15, 0.2) is 5.78 Å². The van der Waals surface area contributed by atoms with Gasteiger partial charge < -0.3 is 4.74 Å². The van der Waals surface area contributed by atoms with Crippen molar-refractivity contribution < 1.29 is 13.9 Å². The lowest BCUT2D eigenvalue weighted by Crippen LogP contribution is -2.28. The smallest absolute Gasteiger partial charge is 0.163 e. The first-order chi connectivity index (χ1) is 8.75. The van der Waals surface area contributed by atoms with Gasteiger partial charge in [-0.05, 0) is 30.5 Å². The van der Waals surface area contributed by atoms with Crippen molar-refractivity contribution in [2.45, 2.75) is 27.7 Å². The van der Waals surface area contributed by atoms with E-state index in [1.807, 2.05) is 0 Å². The molecule has 0 spiro atoms. The second-order valence-electron chi connectivity index (χ2n) is 5.72. The molecular weight excluding hydrogens is 311 g/mol. The van der Waals surface area contributed by atoms with Crippen LogP contribution in [0.15, 0.2) is 18.2 Å². The molecule has 19 heavy (non-hydrogen) atoms. The number of hydrogen-bond donors (Lipinski definition) is 0. The fourth-order valence-corrected chi connectivity index (χ4v) is 2.78. The molecule has 1 aromatic carbocycles. The van der Waals surface area contributed by atoms with Crippen LogP contribution < -0.4 is 4.74 Å². The van der Waals surface area contributed by atoms with Gasteiger partial charge in [0.1, 0.15) is 11.6 Å². The number of carbonyl (C=O) groups excluding carboxylic acids is 1. The zero-order chi connectivity index (χ0) is 14.6. The second-order valence-corrected chi connectivity index (χ2v) is 6.37. The van der Waals surface area contributed by atoms with Crippen molar-refractivity contribution in [2.24, 2.45) is 11.3 Å². The van der Waals surface area contributed by atoms with Crippen LogP contribution in [0.2, 0.25) is 0 Å². The summed E-state index contributed by atoms with van der Waals surface area (Å²) >= 11 is 3.48. The van der Waals surface area contributed by atoms with E-state index in [4.69, 9.17) is 4.74 Å². The molecule has 0 aliphatic rings. The molecule has 0 fully saturated rings. The summed E-state index contributed by atoms with van der Waals surface area (Å²) < 4.78 is 18.9. The highest BCUT2D eigenvalue weighted by atomic mass is 79.9. The fourth-order valence-electron chi connectivity index (χ4n) is 1.62. The molecule has 1 aromatic rings. The van der Waals surface area contributed by atoms with E-state index in [1.54, 1.807) is 0 Å². The Balaban J connectivity index is 2.86. The molecule has 106 valence electrons. The number of alkyl halides is 1. The van der Waals surface area contributed by atoms with Crippen LogP contribution in [-0.4, -0.2) is 17.7 Å². The van der Waals surface area contributed by atoms with Crippen molar-refractivity contribution in [1.29, 1.82) is 0 Å². The van der Waals surface area contributed by atoms with E-state index >= 15 is 0 Å². The number of benzene rings is 1.